The van der Waals surface area contributed by atoms with Gasteiger partial charge in [-0.1, -0.05) is 48.0 Å². The van der Waals surface area contributed by atoms with Crippen LogP contribution < -0.4 is 10.1 Å². The number of sulfone groups is 1. The van der Waals surface area contributed by atoms with Gasteiger partial charge >= 0.3 is 0 Å². The van der Waals surface area contributed by atoms with Crippen LogP contribution in [0.4, 0.5) is 0 Å². The van der Waals surface area contributed by atoms with Crippen molar-refractivity contribution in [1.82, 2.24) is 15.3 Å². The second-order valence-electron chi connectivity index (χ2n) is 10.8. The molecule has 3 aromatic carbocycles. The number of aliphatic hydroxyl groups excluding tert-OH is 1. The van der Waals surface area contributed by atoms with E-state index in [4.69, 9.17) is 25.8 Å². The van der Waals surface area contributed by atoms with Gasteiger partial charge in [0.1, 0.15) is 18.3 Å². The number of hydrogen-bond acceptors (Lipinski definition) is 8. The van der Waals surface area contributed by atoms with Gasteiger partial charge in [-0.05, 0) is 66.9 Å². The fraction of sp³-hybridized carbons (Fsp3) is 0.367. The topological polar surface area (TPSA) is 123 Å². The summed E-state index contributed by atoms with van der Waals surface area (Å²) in [5, 5.41) is 13.4. The van der Waals surface area contributed by atoms with Gasteiger partial charge < -0.3 is 29.6 Å². The van der Waals surface area contributed by atoms with E-state index in [9.17, 15) is 13.5 Å². The van der Waals surface area contributed by atoms with Crippen molar-refractivity contribution in [2.24, 2.45) is 0 Å². The highest BCUT2D eigenvalue weighted by atomic mass is 35.5. The Kier molecular flexibility index (Phi) is 7.01. The summed E-state index contributed by atoms with van der Waals surface area (Å²) in [5.74, 6) is 0. The molecule has 4 aromatic rings. The molecule has 3 N–H and O–H groups in total. The highest BCUT2D eigenvalue weighted by molar-refractivity contribution is 7.92. The number of halogens is 1. The Morgan fingerprint density at radius 3 is 2.29 bits per heavy atom. The van der Waals surface area contributed by atoms with Crippen molar-refractivity contribution in [3.8, 4) is 28.3 Å². The van der Waals surface area contributed by atoms with Crippen LogP contribution in [0.2, 0.25) is 5.02 Å². The smallest absolute Gasteiger partial charge is 0.295 e. The van der Waals surface area contributed by atoms with Crippen LogP contribution in [-0.4, -0.2) is 79.5 Å². The molecule has 0 spiro atoms. The number of H-pyrrole nitrogens is 1. The Labute approximate surface area is 242 Å². The first-order valence-electron chi connectivity index (χ1n) is 13.8. The first kappa shape index (κ1) is 26.9. The molecule has 3 aliphatic rings. The minimum absolute atomic E-state index is 0.235. The Balaban J connectivity index is 1.08. The molecule has 11 heteroatoms. The SMILES string of the molecule is O=S(=O)(c1ccc(-c2ccc(-c3cc4nc(O[C@@H]5CO[C@H]6[C@@H]5OC[C@H]6O)[nH]c4cc3Cl)cc2)cc1)C1CCNCC1. The summed E-state index contributed by atoms with van der Waals surface area (Å²) in [6.07, 6.45) is -0.425. The van der Waals surface area contributed by atoms with Crippen LogP contribution in [0.15, 0.2) is 65.6 Å². The summed E-state index contributed by atoms with van der Waals surface area (Å²) >= 11 is 6.67. The number of imidazole rings is 1. The average molecular weight is 596 g/mol. The number of aromatic amines is 1. The molecule has 0 saturated carbocycles. The molecule has 3 aliphatic heterocycles. The van der Waals surface area contributed by atoms with Crippen LogP contribution in [0.3, 0.4) is 0 Å². The minimum atomic E-state index is -3.33. The summed E-state index contributed by atoms with van der Waals surface area (Å²) in [7, 11) is -3.33. The molecule has 3 saturated heterocycles. The number of aromatic nitrogens is 2. The largest absolute Gasteiger partial charge is 0.456 e. The van der Waals surface area contributed by atoms with Crippen LogP contribution in [0.1, 0.15) is 12.8 Å². The van der Waals surface area contributed by atoms with E-state index in [-0.39, 0.29) is 30.2 Å². The summed E-state index contributed by atoms with van der Waals surface area (Å²) in [4.78, 5) is 8.14. The minimum Gasteiger partial charge on any atom is -0.456 e. The first-order chi connectivity index (χ1) is 19.9. The van der Waals surface area contributed by atoms with E-state index in [1.165, 1.54) is 0 Å². The lowest BCUT2D eigenvalue weighted by atomic mass is 10.00. The van der Waals surface area contributed by atoms with Gasteiger partial charge in [0.15, 0.2) is 15.9 Å². The first-order valence-corrected chi connectivity index (χ1v) is 15.7. The summed E-state index contributed by atoms with van der Waals surface area (Å²) in [5.41, 5.74) is 5.12. The number of nitrogens with zero attached hydrogens (tertiary/aromatic N) is 1. The summed E-state index contributed by atoms with van der Waals surface area (Å²) < 4.78 is 43.4. The third-order valence-electron chi connectivity index (χ3n) is 8.23. The van der Waals surface area contributed by atoms with E-state index in [1.807, 2.05) is 48.5 Å². The molecule has 0 bridgehead atoms. The molecule has 3 fully saturated rings. The number of hydrogen-bond donors (Lipinski definition) is 3. The maximum Gasteiger partial charge on any atom is 0.295 e. The normalized spacial score (nSPS) is 25.0. The van der Waals surface area contributed by atoms with Crippen molar-refractivity contribution in [3.05, 3.63) is 65.7 Å². The predicted molar refractivity (Wildman–Crippen MR) is 155 cm³/mol. The van der Waals surface area contributed by atoms with E-state index in [0.717, 1.165) is 40.9 Å². The number of benzene rings is 3. The van der Waals surface area contributed by atoms with Gasteiger partial charge in [0.25, 0.3) is 6.01 Å². The van der Waals surface area contributed by atoms with Gasteiger partial charge in [-0.25, -0.2) is 8.42 Å². The molecule has 0 aliphatic carbocycles. The molecule has 0 unspecified atom stereocenters. The third kappa shape index (κ3) is 5.03. The van der Waals surface area contributed by atoms with Gasteiger partial charge in [0.05, 0.1) is 39.4 Å². The van der Waals surface area contributed by atoms with E-state index in [2.05, 4.69) is 15.3 Å². The third-order valence-corrected chi connectivity index (χ3v) is 10.8. The van der Waals surface area contributed by atoms with Crippen LogP contribution in [0.25, 0.3) is 33.3 Å². The number of aliphatic hydroxyl groups is 1. The van der Waals surface area contributed by atoms with Crippen LogP contribution in [-0.2, 0) is 19.3 Å². The fourth-order valence-electron chi connectivity index (χ4n) is 5.95. The molecule has 0 radical (unpaired) electrons. The van der Waals surface area contributed by atoms with Gasteiger partial charge in [-0.3, -0.25) is 0 Å². The summed E-state index contributed by atoms with van der Waals surface area (Å²) in [6, 6.07) is 19.2. The zero-order chi connectivity index (χ0) is 28.1. The number of fused-ring (bicyclic) bond motifs is 2. The Morgan fingerprint density at radius 1 is 0.902 bits per heavy atom. The molecule has 4 heterocycles. The van der Waals surface area contributed by atoms with E-state index in [0.29, 0.717) is 40.9 Å². The predicted octanol–water partition coefficient (Wildman–Crippen LogP) is 3.98. The van der Waals surface area contributed by atoms with E-state index >= 15 is 0 Å². The fourth-order valence-corrected chi connectivity index (χ4v) is 7.98. The number of ether oxygens (including phenoxy) is 3. The van der Waals surface area contributed by atoms with Crippen molar-refractivity contribution in [2.75, 3.05) is 26.3 Å². The van der Waals surface area contributed by atoms with Gasteiger partial charge in [0.2, 0.25) is 0 Å². The zero-order valence-electron chi connectivity index (χ0n) is 22.1. The molecular weight excluding hydrogens is 566 g/mol. The maximum absolute atomic E-state index is 13.0. The van der Waals surface area contributed by atoms with Crippen LogP contribution >= 0.6 is 11.6 Å². The van der Waals surface area contributed by atoms with Crippen LogP contribution in [0.5, 0.6) is 6.01 Å². The molecule has 9 nitrogen and oxygen atoms in total. The van der Waals surface area contributed by atoms with Gasteiger partial charge in [-0.2, -0.15) is 4.98 Å². The number of nitrogens with one attached hydrogen (secondary N) is 2. The Hall–Kier alpha value is -2.99. The second-order valence-corrected chi connectivity index (χ2v) is 13.4. The van der Waals surface area contributed by atoms with Crippen molar-refractivity contribution < 1.29 is 27.7 Å². The molecule has 1 aromatic heterocycles. The molecule has 7 rings (SSSR count). The second kappa shape index (κ2) is 10.7. The zero-order valence-corrected chi connectivity index (χ0v) is 23.7. The molecule has 4 atom stereocenters. The highest BCUT2D eigenvalue weighted by Gasteiger charge is 2.48. The molecule has 41 heavy (non-hydrogen) atoms. The van der Waals surface area contributed by atoms with Crippen molar-refractivity contribution in [1.29, 1.82) is 0 Å². The average Bonchev–Trinajstić information content (AvgIpc) is 3.69. The Morgan fingerprint density at radius 2 is 1.56 bits per heavy atom. The highest BCUT2D eigenvalue weighted by Crippen LogP contribution is 2.35. The maximum atomic E-state index is 13.0. The van der Waals surface area contributed by atoms with Gasteiger partial charge in [0, 0.05) is 5.56 Å². The quantitative estimate of drug-likeness (QED) is 0.306. The Bertz CT molecular complexity index is 1670. The van der Waals surface area contributed by atoms with Gasteiger partial charge in [-0.15, -0.1) is 0 Å². The lowest BCUT2D eigenvalue weighted by molar-refractivity contribution is 0.00706. The molecular formula is C30H30ClN3O6S. The molecule has 0 amide bonds. The standard InChI is InChI=1S/C30H30ClN3O6S/c31-23-14-25-24(33-30(34-25)40-27-16-39-28-26(35)15-38-29(27)28)13-22(23)19-3-1-17(2-4-19)18-5-7-20(8-6-18)41(36,37)21-9-11-32-12-10-21/h1-8,13-14,21,26-29,32,35H,9-12,15-16H2,(H,33,34)/t26-,27-,28-,29-/m1/s1. The van der Waals surface area contributed by atoms with Crippen LogP contribution in [0, 0.1) is 0 Å². The molecule has 214 valence electrons. The summed E-state index contributed by atoms with van der Waals surface area (Å²) in [6.45, 7) is 2.02. The lowest BCUT2D eigenvalue weighted by Crippen LogP contribution is -2.35. The van der Waals surface area contributed by atoms with Crippen molar-refractivity contribution >= 4 is 32.5 Å². The van der Waals surface area contributed by atoms with E-state index < -0.39 is 15.9 Å². The monoisotopic (exact) mass is 595 g/mol. The van der Waals surface area contributed by atoms with Crippen molar-refractivity contribution in [3.63, 3.8) is 0 Å². The van der Waals surface area contributed by atoms with E-state index in [1.54, 1.807) is 12.1 Å². The number of piperidine rings is 1. The van der Waals surface area contributed by atoms with Crippen molar-refractivity contribution in [2.45, 2.75) is 47.4 Å². The number of rotatable bonds is 6. The lowest BCUT2D eigenvalue weighted by Gasteiger charge is -2.22.